The first-order valence-electron chi connectivity index (χ1n) is 6.56. The molecule has 1 aromatic carbocycles. The summed E-state index contributed by atoms with van der Waals surface area (Å²) in [5, 5.41) is 12.0. The van der Waals surface area contributed by atoms with E-state index in [9.17, 15) is 0 Å². The lowest BCUT2D eigenvalue weighted by atomic mass is 10.1. The van der Waals surface area contributed by atoms with Crippen LogP contribution >= 0.6 is 0 Å². The fourth-order valence-corrected chi connectivity index (χ4v) is 1.79. The lowest BCUT2D eigenvalue weighted by molar-refractivity contribution is 0.645. The number of hydrogen-bond donors (Lipinski definition) is 1. The van der Waals surface area contributed by atoms with Crippen molar-refractivity contribution >= 4 is 5.69 Å². The summed E-state index contributed by atoms with van der Waals surface area (Å²) in [5.41, 5.74) is 2.24. The van der Waals surface area contributed by atoms with Gasteiger partial charge in [0.15, 0.2) is 0 Å². The number of anilines is 1. The minimum Gasteiger partial charge on any atom is -0.385 e. The maximum Gasteiger partial charge on any atom is 0.0669 e. The maximum absolute atomic E-state index is 8.57. The van der Waals surface area contributed by atoms with Crippen molar-refractivity contribution in [3.8, 4) is 6.07 Å². The van der Waals surface area contributed by atoms with Crippen LogP contribution in [0.1, 0.15) is 44.6 Å². The van der Waals surface area contributed by atoms with Gasteiger partial charge in [-0.2, -0.15) is 5.26 Å². The van der Waals surface area contributed by atoms with E-state index in [1.54, 1.807) is 0 Å². The van der Waals surface area contributed by atoms with Gasteiger partial charge in [0.2, 0.25) is 0 Å². The molecule has 1 rings (SSSR count). The van der Waals surface area contributed by atoms with Crippen molar-refractivity contribution in [3.05, 3.63) is 29.8 Å². The SMILES string of the molecule is CCCCCCCNc1ccc(CC#N)cc1. The predicted octanol–water partition coefficient (Wildman–Crippen LogP) is 4.13. The summed E-state index contributed by atoms with van der Waals surface area (Å²) in [5.74, 6) is 0. The van der Waals surface area contributed by atoms with Gasteiger partial charge < -0.3 is 5.32 Å². The highest BCUT2D eigenvalue weighted by Gasteiger charge is 1.94. The van der Waals surface area contributed by atoms with Crippen molar-refractivity contribution < 1.29 is 0 Å². The van der Waals surface area contributed by atoms with Crippen LogP contribution in [-0.4, -0.2) is 6.54 Å². The van der Waals surface area contributed by atoms with Gasteiger partial charge in [0.25, 0.3) is 0 Å². The Labute approximate surface area is 105 Å². The molecule has 0 aliphatic carbocycles. The molecule has 1 N–H and O–H groups in total. The van der Waals surface area contributed by atoms with E-state index in [0.717, 1.165) is 17.8 Å². The Hall–Kier alpha value is -1.49. The third-order valence-corrected chi connectivity index (χ3v) is 2.85. The van der Waals surface area contributed by atoms with Crippen LogP contribution in [0.2, 0.25) is 0 Å². The Balaban J connectivity index is 2.17. The lowest BCUT2D eigenvalue weighted by Gasteiger charge is -2.06. The highest BCUT2D eigenvalue weighted by Crippen LogP contribution is 2.10. The van der Waals surface area contributed by atoms with Crippen LogP contribution in [0.25, 0.3) is 0 Å². The van der Waals surface area contributed by atoms with Crippen LogP contribution in [0.4, 0.5) is 5.69 Å². The number of nitrogens with zero attached hydrogens (tertiary/aromatic N) is 1. The van der Waals surface area contributed by atoms with Crippen molar-refractivity contribution in [2.75, 3.05) is 11.9 Å². The number of rotatable bonds is 8. The van der Waals surface area contributed by atoms with E-state index in [-0.39, 0.29) is 0 Å². The maximum atomic E-state index is 8.57. The molecular weight excluding hydrogens is 208 g/mol. The number of hydrogen-bond acceptors (Lipinski definition) is 2. The molecule has 0 saturated heterocycles. The molecule has 2 nitrogen and oxygen atoms in total. The molecule has 1 aromatic rings. The van der Waals surface area contributed by atoms with Gasteiger partial charge in [0, 0.05) is 12.2 Å². The predicted molar refractivity (Wildman–Crippen MR) is 73.0 cm³/mol. The van der Waals surface area contributed by atoms with Crippen LogP contribution in [0.5, 0.6) is 0 Å². The quantitative estimate of drug-likeness (QED) is 0.681. The molecule has 0 atom stereocenters. The van der Waals surface area contributed by atoms with Gasteiger partial charge in [-0.3, -0.25) is 0 Å². The van der Waals surface area contributed by atoms with Crippen LogP contribution in [0, 0.1) is 11.3 Å². The topological polar surface area (TPSA) is 35.8 Å². The van der Waals surface area contributed by atoms with E-state index >= 15 is 0 Å². The lowest BCUT2D eigenvalue weighted by Crippen LogP contribution is -2.01. The van der Waals surface area contributed by atoms with Gasteiger partial charge in [-0.05, 0) is 24.1 Å². The summed E-state index contributed by atoms with van der Waals surface area (Å²) >= 11 is 0. The third-order valence-electron chi connectivity index (χ3n) is 2.85. The van der Waals surface area contributed by atoms with Crippen LogP contribution in [-0.2, 0) is 6.42 Å². The number of benzene rings is 1. The number of unbranched alkanes of at least 4 members (excludes halogenated alkanes) is 4. The van der Waals surface area contributed by atoms with E-state index in [2.05, 4.69) is 30.4 Å². The first-order chi connectivity index (χ1) is 8.36. The largest absolute Gasteiger partial charge is 0.385 e. The Bertz CT molecular complexity index is 335. The second-order valence-electron chi connectivity index (χ2n) is 4.37. The van der Waals surface area contributed by atoms with E-state index in [1.165, 1.54) is 32.1 Å². The van der Waals surface area contributed by atoms with Crippen LogP contribution in [0.3, 0.4) is 0 Å². The molecule has 0 bridgehead atoms. The molecule has 0 aromatic heterocycles. The minimum absolute atomic E-state index is 0.497. The molecule has 92 valence electrons. The third kappa shape index (κ3) is 5.97. The number of nitriles is 1. The highest BCUT2D eigenvalue weighted by molar-refractivity contribution is 5.44. The molecule has 0 saturated carbocycles. The Morgan fingerprint density at radius 2 is 1.76 bits per heavy atom. The molecule has 17 heavy (non-hydrogen) atoms. The van der Waals surface area contributed by atoms with Crippen LogP contribution < -0.4 is 5.32 Å². The zero-order valence-electron chi connectivity index (χ0n) is 10.7. The monoisotopic (exact) mass is 230 g/mol. The highest BCUT2D eigenvalue weighted by atomic mass is 14.9. The molecule has 0 radical (unpaired) electrons. The molecule has 0 spiro atoms. The average Bonchev–Trinajstić information content (AvgIpc) is 2.36. The fourth-order valence-electron chi connectivity index (χ4n) is 1.79. The average molecular weight is 230 g/mol. The van der Waals surface area contributed by atoms with Gasteiger partial charge >= 0.3 is 0 Å². The molecule has 0 aliphatic heterocycles. The first-order valence-corrected chi connectivity index (χ1v) is 6.56. The summed E-state index contributed by atoms with van der Waals surface area (Å²) < 4.78 is 0. The normalized spacial score (nSPS) is 9.88. The smallest absolute Gasteiger partial charge is 0.0669 e. The van der Waals surface area contributed by atoms with E-state index in [4.69, 9.17) is 5.26 Å². The molecule has 0 unspecified atom stereocenters. The summed E-state index contributed by atoms with van der Waals surface area (Å²) in [6.07, 6.45) is 7.04. The first kappa shape index (κ1) is 13.6. The minimum atomic E-state index is 0.497. The van der Waals surface area contributed by atoms with Gasteiger partial charge in [0.05, 0.1) is 12.5 Å². The van der Waals surface area contributed by atoms with Gasteiger partial charge in [-0.15, -0.1) is 0 Å². The molecular formula is C15H22N2. The van der Waals surface area contributed by atoms with Crippen molar-refractivity contribution in [1.82, 2.24) is 0 Å². The second kappa shape index (κ2) is 8.64. The Kier molecular flexibility index (Phi) is 6.90. The summed E-state index contributed by atoms with van der Waals surface area (Å²) in [7, 11) is 0. The Morgan fingerprint density at radius 1 is 1.06 bits per heavy atom. The molecule has 2 heteroatoms. The van der Waals surface area contributed by atoms with Crippen molar-refractivity contribution in [2.24, 2.45) is 0 Å². The van der Waals surface area contributed by atoms with E-state index in [1.807, 2.05) is 12.1 Å². The molecule has 0 heterocycles. The van der Waals surface area contributed by atoms with Crippen molar-refractivity contribution in [3.63, 3.8) is 0 Å². The molecule has 0 fully saturated rings. The van der Waals surface area contributed by atoms with Gasteiger partial charge in [0.1, 0.15) is 0 Å². The summed E-state index contributed by atoms with van der Waals surface area (Å²) in [4.78, 5) is 0. The standard InChI is InChI=1S/C15H22N2/c1-2-3-4-5-6-13-17-15-9-7-14(8-10-15)11-12-16/h7-10,17H,2-6,11,13H2,1H3. The summed E-state index contributed by atoms with van der Waals surface area (Å²) in [6, 6.07) is 10.3. The number of nitrogens with one attached hydrogen (secondary N) is 1. The van der Waals surface area contributed by atoms with Crippen LogP contribution in [0.15, 0.2) is 24.3 Å². The summed E-state index contributed by atoms with van der Waals surface area (Å²) in [6.45, 7) is 3.28. The second-order valence-corrected chi connectivity index (χ2v) is 4.37. The van der Waals surface area contributed by atoms with Gasteiger partial charge in [-0.1, -0.05) is 44.7 Å². The zero-order valence-corrected chi connectivity index (χ0v) is 10.7. The fraction of sp³-hybridized carbons (Fsp3) is 0.533. The van der Waals surface area contributed by atoms with Gasteiger partial charge in [-0.25, -0.2) is 0 Å². The molecule has 0 amide bonds. The van der Waals surface area contributed by atoms with Crippen molar-refractivity contribution in [2.45, 2.75) is 45.4 Å². The zero-order chi connectivity index (χ0) is 12.3. The molecule has 0 aliphatic rings. The van der Waals surface area contributed by atoms with Crippen molar-refractivity contribution in [1.29, 1.82) is 5.26 Å². The Morgan fingerprint density at radius 3 is 2.41 bits per heavy atom. The van der Waals surface area contributed by atoms with E-state index in [0.29, 0.717) is 6.42 Å². The van der Waals surface area contributed by atoms with E-state index < -0.39 is 0 Å².